The number of aromatic nitrogens is 1. The Labute approximate surface area is 154 Å². The van der Waals surface area contributed by atoms with E-state index >= 15 is 0 Å². The molecule has 0 saturated heterocycles. The van der Waals surface area contributed by atoms with Gasteiger partial charge in [-0.2, -0.15) is 0 Å². The van der Waals surface area contributed by atoms with Crippen molar-refractivity contribution in [2.24, 2.45) is 5.92 Å². The second-order valence-electron chi connectivity index (χ2n) is 6.69. The molecule has 1 fully saturated rings. The Kier molecular flexibility index (Phi) is 7.24. The molecule has 1 saturated carbocycles. The van der Waals surface area contributed by atoms with E-state index in [1.807, 2.05) is 6.92 Å². The van der Waals surface area contributed by atoms with Gasteiger partial charge in [0.2, 0.25) is 0 Å². The Bertz CT molecular complexity index is 628. The summed E-state index contributed by atoms with van der Waals surface area (Å²) in [6, 6.07) is 0.604. The highest BCUT2D eigenvalue weighted by atomic mass is 16.5. The fourth-order valence-corrected chi connectivity index (χ4v) is 3.36. The summed E-state index contributed by atoms with van der Waals surface area (Å²) in [7, 11) is 1.38. The van der Waals surface area contributed by atoms with E-state index in [9.17, 15) is 14.7 Å². The molecule has 1 unspecified atom stereocenters. The van der Waals surface area contributed by atoms with Gasteiger partial charge in [0.05, 0.1) is 7.11 Å². The number of nitrogens with one attached hydrogen (secondary N) is 1. The molecule has 0 aromatic carbocycles. The standard InChI is InChI=1S/C19H28N2O5/c1-4-14(13-8-6-5-7-9-13)26-19(24)12(2)21-18(23)16-17(22)15(25-3)10-11-20-16/h10-14,22H,4-9H2,1-3H3,(H,21,23)/t12-,14?/m0/s1. The minimum Gasteiger partial charge on any atom is -0.503 e. The van der Waals surface area contributed by atoms with Gasteiger partial charge in [0.1, 0.15) is 12.1 Å². The molecule has 1 aliphatic carbocycles. The van der Waals surface area contributed by atoms with Crippen molar-refractivity contribution in [1.29, 1.82) is 0 Å². The number of esters is 1. The van der Waals surface area contributed by atoms with Gasteiger partial charge in [0, 0.05) is 12.3 Å². The van der Waals surface area contributed by atoms with Gasteiger partial charge in [-0.25, -0.2) is 9.78 Å². The summed E-state index contributed by atoms with van der Waals surface area (Å²) in [5.41, 5.74) is -0.191. The average Bonchev–Trinajstić information content (AvgIpc) is 2.66. The molecule has 2 N–H and O–H groups in total. The lowest BCUT2D eigenvalue weighted by molar-refractivity contribution is -0.154. The van der Waals surface area contributed by atoms with Crippen molar-refractivity contribution < 1.29 is 24.2 Å². The normalized spacial score (nSPS) is 17.2. The lowest BCUT2D eigenvalue weighted by Gasteiger charge is -2.30. The van der Waals surface area contributed by atoms with Crippen LogP contribution >= 0.6 is 0 Å². The highest BCUT2D eigenvalue weighted by Gasteiger charge is 2.28. The molecule has 2 atom stereocenters. The molecule has 0 bridgehead atoms. The van der Waals surface area contributed by atoms with Gasteiger partial charge in [-0.15, -0.1) is 0 Å². The maximum absolute atomic E-state index is 12.4. The summed E-state index contributed by atoms with van der Waals surface area (Å²) < 4.78 is 10.6. The number of hydrogen-bond donors (Lipinski definition) is 2. The van der Waals surface area contributed by atoms with E-state index in [0.29, 0.717) is 5.92 Å². The molecule has 26 heavy (non-hydrogen) atoms. The number of hydrogen-bond acceptors (Lipinski definition) is 6. The van der Waals surface area contributed by atoms with Crippen LogP contribution in [-0.4, -0.2) is 41.2 Å². The number of pyridine rings is 1. The van der Waals surface area contributed by atoms with E-state index < -0.39 is 17.9 Å². The quantitative estimate of drug-likeness (QED) is 0.722. The molecule has 1 aromatic heterocycles. The summed E-state index contributed by atoms with van der Waals surface area (Å²) in [4.78, 5) is 28.5. The number of ether oxygens (including phenoxy) is 2. The molecule has 1 heterocycles. The minimum absolute atomic E-state index is 0.120. The second-order valence-corrected chi connectivity index (χ2v) is 6.69. The van der Waals surface area contributed by atoms with E-state index in [1.165, 1.54) is 38.6 Å². The van der Waals surface area contributed by atoms with Gasteiger partial charge in [-0.3, -0.25) is 4.79 Å². The van der Waals surface area contributed by atoms with Crippen molar-refractivity contribution in [1.82, 2.24) is 10.3 Å². The van der Waals surface area contributed by atoms with Crippen molar-refractivity contribution in [2.45, 2.75) is 64.5 Å². The summed E-state index contributed by atoms with van der Waals surface area (Å²) in [5, 5.41) is 12.5. The van der Waals surface area contributed by atoms with Crippen LogP contribution in [0.2, 0.25) is 0 Å². The number of nitrogens with zero attached hydrogens (tertiary/aromatic N) is 1. The Balaban J connectivity index is 1.96. The van der Waals surface area contributed by atoms with E-state index in [1.54, 1.807) is 6.92 Å². The number of rotatable bonds is 7. The predicted molar refractivity (Wildman–Crippen MR) is 96.1 cm³/mol. The molecule has 1 aliphatic rings. The highest BCUT2D eigenvalue weighted by molar-refractivity contribution is 5.97. The molecule has 0 radical (unpaired) electrons. The molecular weight excluding hydrogens is 336 g/mol. The summed E-state index contributed by atoms with van der Waals surface area (Å²) in [6.07, 6.45) is 7.73. The van der Waals surface area contributed by atoms with Gasteiger partial charge in [0.15, 0.2) is 17.2 Å². The Morgan fingerprint density at radius 2 is 2.04 bits per heavy atom. The van der Waals surface area contributed by atoms with Gasteiger partial charge in [-0.05, 0) is 32.1 Å². The van der Waals surface area contributed by atoms with Gasteiger partial charge >= 0.3 is 5.97 Å². The molecule has 7 nitrogen and oxygen atoms in total. The largest absolute Gasteiger partial charge is 0.503 e. The van der Waals surface area contributed by atoms with Crippen LogP contribution < -0.4 is 10.1 Å². The molecule has 0 aliphatic heterocycles. The first-order valence-electron chi connectivity index (χ1n) is 9.21. The van der Waals surface area contributed by atoms with Crippen molar-refractivity contribution in [3.05, 3.63) is 18.0 Å². The van der Waals surface area contributed by atoms with Gasteiger partial charge in [-0.1, -0.05) is 26.2 Å². The van der Waals surface area contributed by atoms with Crippen LogP contribution in [0.25, 0.3) is 0 Å². The number of methoxy groups -OCH3 is 1. The first kappa shape index (κ1) is 20.0. The average molecular weight is 364 g/mol. The van der Waals surface area contributed by atoms with E-state index in [-0.39, 0.29) is 23.3 Å². The number of carbonyl (C=O) groups is 2. The van der Waals surface area contributed by atoms with E-state index in [4.69, 9.17) is 9.47 Å². The third-order valence-electron chi connectivity index (χ3n) is 4.87. The van der Waals surface area contributed by atoms with Gasteiger partial charge in [0.25, 0.3) is 5.91 Å². The highest BCUT2D eigenvalue weighted by Crippen LogP contribution is 2.30. The van der Waals surface area contributed by atoms with Crippen LogP contribution in [0.3, 0.4) is 0 Å². The van der Waals surface area contributed by atoms with Crippen LogP contribution in [0.15, 0.2) is 12.3 Å². The molecule has 1 amide bonds. The molecular formula is C19H28N2O5. The maximum atomic E-state index is 12.4. The first-order chi connectivity index (χ1) is 12.5. The number of amides is 1. The first-order valence-corrected chi connectivity index (χ1v) is 9.21. The zero-order chi connectivity index (χ0) is 19.1. The topological polar surface area (TPSA) is 97.8 Å². The van der Waals surface area contributed by atoms with Crippen LogP contribution in [0.4, 0.5) is 0 Å². The fraction of sp³-hybridized carbons (Fsp3) is 0.632. The summed E-state index contributed by atoms with van der Waals surface area (Å²) in [6.45, 7) is 3.57. The zero-order valence-corrected chi connectivity index (χ0v) is 15.7. The zero-order valence-electron chi connectivity index (χ0n) is 15.7. The maximum Gasteiger partial charge on any atom is 0.328 e. The molecule has 2 rings (SSSR count). The molecule has 1 aromatic rings. The summed E-state index contributed by atoms with van der Waals surface area (Å²) in [5.74, 6) is -0.954. The van der Waals surface area contributed by atoms with Crippen molar-refractivity contribution in [3.63, 3.8) is 0 Å². The van der Waals surface area contributed by atoms with Crippen LogP contribution in [-0.2, 0) is 9.53 Å². The number of carbonyl (C=O) groups excluding carboxylic acids is 2. The third-order valence-corrected chi connectivity index (χ3v) is 4.87. The second kappa shape index (κ2) is 9.40. The Hall–Kier alpha value is -2.31. The Morgan fingerprint density at radius 3 is 2.65 bits per heavy atom. The van der Waals surface area contributed by atoms with E-state index in [0.717, 1.165) is 19.3 Å². The molecule has 144 valence electrons. The fourth-order valence-electron chi connectivity index (χ4n) is 3.36. The van der Waals surface area contributed by atoms with Crippen LogP contribution in [0, 0.1) is 5.92 Å². The lowest BCUT2D eigenvalue weighted by atomic mass is 9.84. The van der Waals surface area contributed by atoms with Crippen LogP contribution in [0.1, 0.15) is 62.9 Å². The smallest absolute Gasteiger partial charge is 0.328 e. The van der Waals surface area contributed by atoms with E-state index in [2.05, 4.69) is 10.3 Å². The predicted octanol–water partition coefficient (Wildman–Crippen LogP) is 2.82. The van der Waals surface area contributed by atoms with Crippen molar-refractivity contribution in [2.75, 3.05) is 7.11 Å². The van der Waals surface area contributed by atoms with Crippen LogP contribution in [0.5, 0.6) is 11.5 Å². The number of aromatic hydroxyl groups is 1. The minimum atomic E-state index is -0.840. The summed E-state index contributed by atoms with van der Waals surface area (Å²) >= 11 is 0. The SMILES string of the molecule is CCC(OC(=O)[C@H](C)NC(=O)c1nccc(OC)c1O)C1CCCCC1. The lowest BCUT2D eigenvalue weighted by Crippen LogP contribution is -2.42. The molecule has 7 heteroatoms. The monoisotopic (exact) mass is 364 g/mol. The van der Waals surface area contributed by atoms with Crippen molar-refractivity contribution in [3.8, 4) is 11.5 Å². The molecule has 0 spiro atoms. The Morgan fingerprint density at radius 1 is 1.35 bits per heavy atom. The van der Waals surface area contributed by atoms with Gasteiger partial charge < -0.3 is 19.9 Å². The third kappa shape index (κ3) is 4.86. The van der Waals surface area contributed by atoms with Crippen molar-refractivity contribution >= 4 is 11.9 Å².